The second kappa shape index (κ2) is 6.70. The first kappa shape index (κ1) is 17.8. The van der Waals surface area contributed by atoms with Crippen LogP contribution in [0.2, 0.25) is 0 Å². The molecule has 8 atom stereocenters. The molecule has 0 amide bonds. The predicted octanol–water partition coefficient (Wildman–Crippen LogP) is -2.66. The van der Waals surface area contributed by atoms with Crippen LogP contribution in [0, 0.1) is 5.92 Å². The van der Waals surface area contributed by atoms with Crippen LogP contribution in [0.1, 0.15) is 6.42 Å². The fraction of sp³-hybridized carbons (Fsp3) is 0.733. The molecule has 3 aliphatic rings. The Morgan fingerprint density at radius 3 is 2.54 bits per heavy atom. The minimum absolute atomic E-state index is 0.280. The van der Waals surface area contributed by atoms with Gasteiger partial charge in [0.2, 0.25) is 6.29 Å². The van der Waals surface area contributed by atoms with Crippen molar-refractivity contribution in [3.05, 3.63) is 24.0 Å². The highest BCUT2D eigenvalue weighted by Crippen LogP contribution is 2.43. The largest absolute Gasteiger partial charge is 0.472 e. The molecular formula is C15H22O9. The van der Waals surface area contributed by atoms with Crippen molar-refractivity contribution < 1.29 is 44.8 Å². The normalized spacial score (nSPS) is 47.9. The van der Waals surface area contributed by atoms with Crippen LogP contribution in [0.15, 0.2) is 24.0 Å². The predicted molar refractivity (Wildman–Crippen MR) is 77.1 cm³/mol. The summed E-state index contributed by atoms with van der Waals surface area (Å²) in [7, 11) is 0. The second-order valence-electron chi connectivity index (χ2n) is 6.25. The zero-order valence-electron chi connectivity index (χ0n) is 12.8. The Morgan fingerprint density at radius 1 is 1.12 bits per heavy atom. The molecule has 1 saturated heterocycles. The molecule has 0 aromatic rings. The minimum Gasteiger partial charge on any atom is -0.472 e. The van der Waals surface area contributed by atoms with Gasteiger partial charge in [-0.3, -0.25) is 0 Å². The molecule has 6 N–H and O–H groups in total. The van der Waals surface area contributed by atoms with E-state index in [0.717, 1.165) is 0 Å². The monoisotopic (exact) mass is 346 g/mol. The fourth-order valence-electron chi connectivity index (χ4n) is 3.35. The van der Waals surface area contributed by atoms with Gasteiger partial charge in [-0.05, 0) is 18.1 Å². The summed E-state index contributed by atoms with van der Waals surface area (Å²) in [5, 5.41) is 58.9. The first-order valence-corrected chi connectivity index (χ1v) is 7.72. The number of aliphatic hydroxyl groups excluding tert-OH is 5. The van der Waals surface area contributed by atoms with E-state index in [0.29, 0.717) is 5.57 Å². The molecule has 0 spiro atoms. The van der Waals surface area contributed by atoms with E-state index in [-0.39, 0.29) is 13.0 Å². The molecule has 0 aromatic carbocycles. The summed E-state index contributed by atoms with van der Waals surface area (Å²) in [4.78, 5) is 0. The first-order valence-electron chi connectivity index (χ1n) is 7.72. The summed E-state index contributed by atoms with van der Waals surface area (Å²) in [6.07, 6.45) is -3.53. The molecule has 0 radical (unpaired) electrons. The van der Waals surface area contributed by atoms with Gasteiger partial charge in [-0.25, -0.2) is 0 Å². The Kier molecular flexibility index (Phi) is 4.96. The summed E-state index contributed by atoms with van der Waals surface area (Å²) in [5.74, 6) is -0.708. The lowest BCUT2D eigenvalue weighted by atomic mass is 9.84. The molecule has 9 heteroatoms. The van der Waals surface area contributed by atoms with Gasteiger partial charge in [0.15, 0.2) is 6.29 Å². The molecule has 136 valence electrons. The van der Waals surface area contributed by atoms with Gasteiger partial charge in [-0.1, -0.05) is 6.08 Å². The molecule has 9 nitrogen and oxygen atoms in total. The lowest BCUT2D eigenvalue weighted by Gasteiger charge is -2.43. The third-order valence-electron chi connectivity index (χ3n) is 4.77. The highest BCUT2D eigenvalue weighted by molar-refractivity contribution is 5.29. The van der Waals surface area contributed by atoms with Crippen molar-refractivity contribution in [3.8, 4) is 0 Å². The smallest absolute Gasteiger partial charge is 0.211 e. The van der Waals surface area contributed by atoms with Crippen LogP contribution in [-0.4, -0.2) is 86.4 Å². The molecule has 1 fully saturated rings. The summed E-state index contributed by atoms with van der Waals surface area (Å²) in [6.45, 7) is -0.871. The molecule has 2 aliphatic heterocycles. The van der Waals surface area contributed by atoms with Gasteiger partial charge < -0.3 is 44.8 Å². The van der Waals surface area contributed by atoms with Crippen molar-refractivity contribution in [3.63, 3.8) is 0 Å². The molecule has 24 heavy (non-hydrogen) atoms. The first-order chi connectivity index (χ1) is 11.4. The number of rotatable bonds is 4. The van der Waals surface area contributed by atoms with Gasteiger partial charge in [0, 0.05) is 0 Å². The van der Waals surface area contributed by atoms with Gasteiger partial charge in [0.25, 0.3) is 0 Å². The van der Waals surface area contributed by atoms with E-state index in [4.69, 9.17) is 14.2 Å². The van der Waals surface area contributed by atoms with Crippen LogP contribution in [0.3, 0.4) is 0 Å². The summed E-state index contributed by atoms with van der Waals surface area (Å²) < 4.78 is 16.2. The molecule has 0 unspecified atom stereocenters. The highest BCUT2D eigenvalue weighted by Gasteiger charge is 2.52. The van der Waals surface area contributed by atoms with Crippen molar-refractivity contribution >= 4 is 0 Å². The number of ether oxygens (including phenoxy) is 3. The van der Waals surface area contributed by atoms with Crippen molar-refractivity contribution in [2.24, 2.45) is 5.92 Å². The Bertz CT molecular complexity index is 519. The zero-order valence-corrected chi connectivity index (χ0v) is 12.8. The van der Waals surface area contributed by atoms with Gasteiger partial charge in [-0.15, -0.1) is 0 Å². The lowest BCUT2D eigenvalue weighted by Crippen LogP contribution is -2.60. The van der Waals surface area contributed by atoms with E-state index in [9.17, 15) is 30.6 Å². The van der Waals surface area contributed by atoms with Gasteiger partial charge >= 0.3 is 0 Å². The van der Waals surface area contributed by atoms with Crippen molar-refractivity contribution in [2.45, 2.75) is 49.0 Å². The molecule has 3 rings (SSSR count). The SMILES string of the molecule is OCC1=CC[C@]2(O)C=CO[C@@H](O[C@@H]3O[C@H](CO)[C@@H](O)[C@H](O)[C@H]3O)[C@H]12. The standard InChI is InChI=1S/C15H22O9/c16-5-7-1-2-15(21)3-4-22-13(9(7)15)24-14-12(20)11(19)10(18)8(6-17)23-14/h1,3-4,8-14,16-21H,2,5-6H2/t8-,9+,10-,11+,12-,13+,14+,15+/m1/s1. The van der Waals surface area contributed by atoms with Gasteiger partial charge in [0.1, 0.15) is 30.0 Å². The van der Waals surface area contributed by atoms with Crippen molar-refractivity contribution in [1.82, 2.24) is 0 Å². The van der Waals surface area contributed by atoms with Crippen LogP contribution >= 0.6 is 0 Å². The highest BCUT2D eigenvalue weighted by atomic mass is 16.8. The van der Waals surface area contributed by atoms with Gasteiger partial charge in [0.05, 0.1) is 25.4 Å². The number of hydrogen-bond acceptors (Lipinski definition) is 9. The third kappa shape index (κ3) is 2.87. The van der Waals surface area contributed by atoms with Crippen LogP contribution in [0.5, 0.6) is 0 Å². The van der Waals surface area contributed by atoms with Gasteiger partial charge in [-0.2, -0.15) is 0 Å². The Morgan fingerprint density at radius 2 is 1.88 bits per heavy atom. The maximum atomic E-state index is 10.6. The van der Waals surface area contributed by atoms with E-state index in [1.807, 2.05) is 0 Å². The Balaban J connectivity index is 1.77. The number of aliphatic hydroxyl groups is 6. The third-order valence-corrected chi connectivity index (χ3v) is 4.77. The average Bonchev–Trinajstić information content (AvgIpc) is 2.92. The lowest BCUT2D eigenvalue weighted by molar-refractivity contribution is -0.343. The van der Waals surface area contributed by atoms with E-state index in [1.54, 1.807) is 6.08 Å². The molecule has 1 aliphatic carbocycles. The van der Waals surface area contributed by atoms with Crippen LogP contribution in [0.4, 0.5) is 0 Å². The van der Waals surface area contributed by atoms with Crippen LogP contribution in [0.25, 0.3) is 0 Å². The minimum atomic E-state index is -1.58. The topological polar surface area (TPSA) is 149 Å². The Hall–Kier alpha value is -1.04. The quantitative estimate of drug-likeness (QED) is 0.300. The second-order valence-corrected chi connectivity index (χ2v) is 6.25. The molecule has 2 heterocycles. The van der Waals surface area contributed by atoms with Crippen molar-refractivity contribution in [2.75, 3.05) is 13.2 Å². The van der Waals surface area contributed by atoms with Crippen LogP contribution in [-0.2, 0) is 14.2 Å². The Labute approximate surface area is 138 Å². The molecular weight excluding hydrogens is 324 g/mol. The maximum Gasteiger partial charge on any atom is 0.211 e. The number of fused-ring (bicyclic) bond motifs is 1. The summed E-state index contributed by atoms with van der Waals surface area (Å²) in [5.41, 5.74) is -0.758. The van der Waals surface area contributed by atoms with Crippen molar-refractivity contribution in [1.29, 1.82) is 0 Å². The average molecular weight is 346 g/mol. The van der Waals surface area contributed by atoms with E-state index in [2.05, 4.69) is 0 Å². The summed E-state index contributed by atoms with van der Waals surface area (Å²) in [6, 6.07) is 0. The molecule has 0 bridgehead atoms. The summed E-state index contributed by atoms with van der Waals surface area (Å²) >= 11 is 0. The number of hydrogen-bond donors (Lipinski definition) is 6. The van der Waals surface area contributed by atoms with Crippen LogP contribution < -0.4 is 0 Å². The maximum absolute atomic E-state index is 10.6. The fourth-order valence-corrected chi connectivity index (χ4v) is 3.35. The van der Waals surface area contributed by atoms with E-state index >= 15 is 0 Å². The van der Waals surface area contributed by atoms with E-state index < -0.39 is 55.1 Å². The van der Waals surface area contributed by atoms with E-state index in [1.165, 1.54) is 12.3 Å². The molecule has 0 aromatic heterocycles. The zero-order chi connectivity index (χ0) is 17.5. The molecule has 0 saturated carbocycles.